The van der Waals surface area contributed by atoms with Crippen molar-refractivity contribution in [1.82, 2.24) is 10.6 Å². The third-order valence-corrected chi connectivity index (χ3v) is 6.02. The van der Waals surface area contributed by atoms with Crippen LogP contribution >= 0.6 is 0 Å². The molecule has 0 aromatic heterocycles. The highest BCUT2D eigenvalue weighted by atomic mass is 16.5. The van der Waals surface area contributed by atoms with Gasteiger partial charge in [-0.2, -0.15) is 0 Å². The third kappa shape index (κ3) is 5.90. The monoisotopic (exact) mass is 454 g/mol. The van der Waals surface area contributed by atoms with Gasteiger partial charge in [0.15, 0.2) is 5.60 Å². The fourth-order valence-electron chi connectivity index (χ4n) is 3.92. The lowest BCUT2D eigenvalue weighted by Crippen LogP contribution is -2.47. The highest BCUT2D eigenvalue weighted by Gasteiger charge is 2.31. The van der Waals surface area contributed by atoms with E-state index >= 15 is 0 Å². The van der Waals surface area contributed by atoms with Crippen LogP contribution in [0.4, 0.5) is 4.79 Å². The number of aliphatic carboxylic acids is 1. The predicted octanol–water partition coefficient (Wildman–Crippen LogP) is 2.89. The number of carbonyl (C=O) groups is 3. The molecular weight excluding hydrogens is 424 g/mol. The minimum atomic E-state index is -2.03. The highest BCUT2D eigenvalue weighted by Crippen LogP contribution is 2.44. The molecule has 8 heteroatoms. The van der Waals surface area contributed by atoms with Gasteiger partial charge in [-0.1, -0.05) is 61.9 Å². The van der Waals surface area contributed by atoms with E-state index < -0.39 is 30.1 Å². The molecule has 0 saturated carbocycles. The van der Waals surface area contributed by atoms with Crippen molar-refractivity contribution >= 4 is 18.0 Å². The van der Waals surface area contributed by atoms with Crippen molar-refractivity contribution in [2.75, 3.05) is 19.7 Å². The lowest BCUT2D eigenvalue weighted by Gasteiger charge is -2.20. The van der Waals surface area contributed by atoms with Crippen molar-refractivity contribution in [2.45, 2.75) is 38.2 Å². The van der Waals surface area contributed by atoms with Gasteiger partial charge >= 0.3 is 12.1 Å². The molecule has 33 heavy (non-hydrogen) atoms. The van der Waals surface area contributed by atoms with Crippen LogP contribution in [0.3, 0.4) is 0 Å². The van der Waals surface area contributed by atoms with Crippen molar-refractivity contribution < 1.29 is 29.3 Å². The molecule has 2 aromatic rings. The fraction of sp³-hybridized carbons (Fsp3) is 0.400. The number of aliphatic hydroxyl groups is 1. The van der Waals surface area contributed by atoms with Crippen LogP contribution in [0.2, 0.25) is 0 Å². The second-order valence-corrected chi connectivity index (χ2v) is 8.54. The molecular formula is C25H30N2O6. The van der Waals surface area contributed by atoms with E-state index in [9.17, 15) is 19.5 Å². The van der Waals surface area contributed by atoms with Crippen LogP contribution in [0.25, 0.3) is 11.1 Å². The van der Waals surface area contributed by atoms with E-state index in [-0.39, 0.29) is 31.4 Å². The smallest absolute Gasteiger partial charge is 0.407 e. The number of nitrogens with one attached hydrogen (secondary N) is 2. The third-order valence-electron chi connectivity index (χ3n) is 6.02. The lowest BCUT2D eigenvalue weighted by molar-refractivity contribution is -0.156. The summed E-state index contributed by atoms with van der Waals surface area (Å²) in [5, 5.41) is 23.7. The van der Waals surface area contributed by atoms with Gasteiger partial charge in [0.1, 0.15) is 6.61 Å². The molecule has 4 N–H and O–H groups in total. The number of hydrogen-bond acceptors (Lipinski definition) is 5. The quantitative estimate of drug-likeness (QED) is 0.438. The summed E-state index contributed by atoms with van der Waals surface area (Å²) < 4.78 is 5.51. The summed E-state index contributed by atoms with van der Waals surface area (Å²) in [6, 6.07) is 16.2. The molecule has 0 heterocycles. The molecule has 1 aliphatic carbocycles. The van der Waals surface area contributed by atoms with E-state index in [2.05, 4.69) is 34.9 Å². The zero-order valence-corrected chi connectivity index (χ0v) is 18.8. The number of hydrogen-bond donors (Lipinski definition) is 4. The Balaban J connectivity index is 1.48. The fourth-order valence-corrected chi connectivity index (χ4v) is 3.92. The second kappa shape index (κ2) is 10.5. The van der Waals surface area contributed by atoms with Crippen LogP contribution in [0.1, 0.15) is 43.7 Å². The van der Waals surface area contributed by atoms with Crippen LogP contribution < -0.4 is 10.6 Å². The van der Waals surface area contributed by atoms with Crippen LogP contribution in [0, 0.1) is 5.92 Å². The average molecular weight is 455 g/mol. The minimum Gasteiger partial charge on any atom is -0.479 e. The maximum atomic E-state index is 12.3. The molecule has 8 nitrogen and oxygen atoms in total. The molecule has 2 atom stereocenters. The number of rotatable bonds is 10. The van der Waals surface area contributed by atoms with Gasteiger partial charge in [0.25, 0.3) is 0 Å². The summed E-state index contributed by atoms with van der Waals surface area (Å²) in [6.45, 7) is 3.07. The van der Waals surface area contributed by atoms with Gasteiger partial charge < -0.3 is 25.6 Å². The van der Waals surface area contributed by atoms with Crippen molar-refractivity contribution in [1.29, 1.82) is 0 Å². The summed E-state index contributed by atoms with van der Waals surface area (Å²) in [7, 11) is 0. The Morgan fingerprint density at radius 2 is 1.61 bits per heavy atom. The first-order chi connectivity index (χ1) is 15.7. The van der Waals surface area contributed by atoms with Gasteiger partial charge in [0, 0.05) is 18.9 Å². The Morgan fingerprint density at radius 1 is 1.03 bits per heavy atom. The van der Waals surface area contributed by atoms with Gasteiger partial charge in [0.05, 0.1) is 6.54 Å². The second-order valence-electron chi connectivity index (χ2n) is 8.54. The Kier molecular flexibility index (Phi) is 7.71. The largest absolute Gasteiger partial charge is 0.479 e. The van der Waals surface area contributed by atoms with E-state index in [1.54, 1.807) is 0 Å². The highest BCUT2D eigenvalue weighted by molar-refractivity contribution is 5.80. The first-order valence-electron chi connectivity index (χ1n) is 11.0. The first-order valence-corrected chi connectivity index (χ1v) is 11.0. The molecule has 0 fully saturated rings. The Morgan fingerprint density at radius 3 is 2.15 bits per heavy atom. The normalized spacial score (nSPS) is 15.0. The predicted molar refractivity (Wildman–Crippen MR) is 123 cm³/mol. The van der Waals surface area contributed by atoms with E-state index in [0.29, 0.717) is 6.42 Å². The number of amides is 2. The van der Waals surface area contributed by atoms with Crippen molar-refractivity contribution in [3.05, 3.63) is 59.7 Å². The molecule has 0 aliphatic heterocycles. The molecule has 0 saturated heterocycles. The lowest BCUT2D eigenvalue weighted by atomic mass is 9.98. The maximum absolute atomic E-state index is 12.3. The summed E-state index contributed by atoms with van der Waals surface area (Å²) in [5.74, 6) is -1.98. The summed E-state index contributed by atoms with van der Waals surface area (Å²) in [6.07, 6.45) is 0.173. The Labute approximate surface area is 193 Å². The van der Waals surface area contributed by atoms with Gasteiger partial charge in [-0.15, -0.1) is 0 Å². The van der Waals surface area contributed by atoms with Gasteiger partial charge in [-0.25, -0.2) is 9.59 Å². The van der Waals surface area contributed by atoms with Crippen molar-refractivity contribution in [3.8, 4) is 11.1 Å². The molecule has 3 rings (SSSR count). The molecule has 0 spiro atoms. The van der Waals surface area contributed by atoms with Gasteiger partial charge in [0.2, 0.25) is 5.91 Å². The van der Waals surface area contributed by atoms with Crippen LogP contribution in [0.15, 0.2) is 48.5 Å². The number of benzene rings is 2. The Hall–Kier alpha value is -3.39. The molecule has 0 radical (unpaired) electrons. The molecule has 2 unspecified atom stereocenters. The van der Waals surface area contributed by atoms with Gasteiger partial charge in [-0.3, -0.25) is 4.79 Å². The van der Waals surface area contributed by atoms with E-state index in [1.807, 2.05) is 31.2 Å². The van der Waals surface area contributed by atoms with Crippen LogP contribution in [-0.4, -0.2) is 53.5 Å². The van der Waals surface area contributed by atoms with Crippen LogP contribution in [0.5, 0.6) is 0 Å². The Bertz CT molecular complexity index is 974. The standard InChI is InChI=1S/C25H30N2O6/c1-3-16(12-22(28)27-15-25(2,32)23(29)30)13-26-24(31)33-14-21-19-10-6-4-8-17(19)18-9-5-7-11-20(18)21/h4-11,16,21,32H,3,12-15H2,1-2H3,(H,26,31)(H,27,28)(H,29,30). The van der Waals surface area contributed by atoms with Crippen molar-refractivity contribution in [3.63, 3.8) is 0 Å². The van der Waals surface area contributed by atoms with Crippen LogP contribution in [-0.2, 0) is 14.3 Å². The SMILES string of the molecule is CCC(CNC(=O)OCC1c2ccccc2-c2ccccc21)CC(=O)NCC(C)(O)C(=O)O. The molecule has 2 aromatic carbocycles. The molecule has 2 amide bonds. The number of fused-ring (bicyclic) bond motifs is 3. The van der Waals surface area contributed by atoms with Crippen molar-refractivity contribution in [2.24, 2.45) is 5.92 Å². The summed E-state index contributed by atoms with van der Waals surface area (Å²) >= 11 is 0. The summed E-state index contributed by atoms with van der Waals surface area (Å²) in [5.41, 5.74) is 2.54. The van der Waals surface area contributed by atoms with E-state index in [1.165, 1.54) is 0 Å². The van der Waals surface area contributed by atoms with Gasteiger partial charge in [-0.05, 0) is 35.1 Å². The maximum Gasteiger partial charge on any atom is 0.407 e. The summed E-state index contributed by atoms with van der Waals surface area (Å²) in [4.78, 5) is 35.4. The number of alkyl carbamates (subject to hydrolysis) is 1. The first kappa shape index (κ1) is 24.3. The average Bonchev–Trinajstić information content (AvgIpc) is 3.12. The molecule has 0 bridgehead atoms. The topological polar surface area (TPSA) is 125 Å². The van der Waals surface area contributed by atoms with E-state index in [4.69, 9.17) is 9.84 Å². The number of carbonyl (C=O) groups excluding carboxylic acids is 2. The minimum absolute atomic E-state index is 0.0297. The molecule has 1 aliphatic rings. The number of ether oxygens (including phenoxy) is 1. The van der Waals surface area contributed by atoms with E-state index in [0.717, 1.165) is 29.2 Å². The molecule has 176 valence electrons. The number of carboxylic acid groups (broad SMARTS) is 1. The zero-order valence-electron chi connectivity index (χ0n) is 18.8. The zero-order chi connectivity index (χ0) is 24.0. The number of carboxylic acids is 1.